The molecule has 2 amide bonds. The maximum absolute atomic E-state index is 13.0. The van der Waals surface area contributed by atoms with Crippen molar-refractivity contribution in [3.8, 4) is 0 Å². The molecular formula is C26H32N2O2. The van der Waals surface area contributed by atoms with Crippen molar-refractivity contribution in [2.24, 2.45) is 23.7 Å². The molecule has 4 aliphatic rings. The van der Waals surface area contributed by atoms with Gasteiger partial charge in [0.05, 0.1) is 11.6 Å². The van der Waals surface area contributed by atoms with Crippen molar-refractivity contribution in [1.82, 2.24) is 10.6 Å². The van der Waals surface area contributed by atoms with Gasteiger partial charge in [-0.05, 0) is 66.9 Å². The second-order valence-corrected chi connectivity index (χ2v) is 9.54. The van der Waals surface area contributed by atoms with Crippen LogP contribution in [0, 0.1) is 23.7 Å². The number of nitrogens with one attached hydrogen (secondary N) is 2. The standard InChI is InChI=1S/C26H32N2O2/c1-30-26(22-13-18-12-19(15-22)16-23(26)14-18)17-27-25(29)28-24(20-8-4-2-5-9-20)21-10-6-3-7-11-21/h2-11,18-19,22-24H,12-17H2,1H3,(H2,27,28,29). The van der Waals surface area contributed by atoms with Gasteiger partial charge in [-0.1, -0.05) is 60.7 Å². The van der Waals surface area contributed by atoms with Gasteiger partial charge in [0, 0.05) is 13.7 Å². The van der Waals surface area contributed by atoms with E-state index in [1.807, 2.05) is 43.5 Å². The van der Waals surface area contributed by atoms with E-state index in [4.69, 9.17) is 4.74 Å². The van der Waals surface area contributed by atoms with Crippen molar-refractivity contribution in [2.45, 2.75) is 43.7 Å². The molecule has 4 fully saturated rings. The fraction of sp³-hybridized carbons (Fsp3) is 0.500. The van der Waals surface area contributed by atoms with Crippen LogP contribution in [0.15, 0.2) is 60.7 Å². The Labute approximate surface area is 179 Å². The number of methoxy groups -OCH3 is 1. The van der Waals surface area contributed by atoms with Crippen LogP contribution in [0.2, 0.25) is 0 Å². The van der Waals surface area contributed by atoms with Crippen molar-refractivity contribution in [1.29, 1.82) is 0 Å². The van der Waals surface area contributed by atoms with E-state index >= 15 is 0 Å². The summed E-state index contributed by atoms with van der Waals surface area (Å²) in [5.74, 6) is 2.92. The molecule has 2 aromatic rings. The number of rotatable bonds is 6. The van der Waals surface area contributed by atoms with Crippen molar-refractivity contribution < 1.29 is 9.53 Å². The molecule has 2 aromatic carbocycles. The predicted octanol–water partition coefficient (Wildman–Crippen LogP) is 4.92. The van der Waals surface area contributed by atoms with Crippen LogP contribution in [0.4, 0.5) is 4.79 Å². The third-order valence-electron chi connectivity index (χ3n) is 7.97. The van der Waals surface area contributed by atoms with E-state index < -0.39 is 0 Å². The molecule has 6 rings (SSSR count). The minimum absolute atomic E-state index is 0.127. The zero-order chi connectivity index (χ0) is 20.6. The van der Waals surface area contributed by atoms with Gasteiger partial charge in [0.2, 0.25) is 0 Å². The molecule has 0 unspecified atom stereocenters. The molecule has 0 aromatic heterocycles. The summed E-state index contributed by atoms with van der Waals surface area (Å²) in [6.45, 7) is 0.598. The van der Waals surface area contributed by atoms with Crippen LogP contribution in [0.3, 0.4) is 0 Å². The normalized spacial score (nSPS) is 31.7. The van der Waals surface area contributed by atoms with E-state index in [1.165, 1.54) is 32.1 Å². The molecule has 4 bridgehead atoms. The number of urea groups is 1. The molecule has 0 atom stereocenters. The van der Waals surface area contributed by atoms with E-state index in [0.29, 0.717) is 18.4 Å². The summed E-state index contributed by atoms with van der Waals surface area (Å²) in [5, 5.41) is 6.41. The molecule has 4 nitrogen and oxygen atoms in total. The molecule has 4 heteroatoms. The second kappa shape index (κ2) is 8.07. The molecule has 0 radical (unpaired) electrons. The maximum Gasteiger partial charge on any atom is 0.315 e. The summed E-state index contributed by atoms with van der Waals surface area (Å²) in [7, 11) is 1.85. The molecule has 0 saturated heterocycles. The number of ether oxygens (including phenoxy) is 1. The smallest absolute Gasteiger partial charge is 0.315 e. The van der Waals surface area contributed by atoms with Crippen LogP contribution in [0.5, 0.6) is 0 Å². The van der Waals surface area contributed by atoms with E-state index in [0.717, 1.165) is 23.0 Å². The number of carbonyl (C=O) groups excluding carboxylic acids is 1. The van der Waals surface area contributed by atoms with Gasteiger partial charge in [-0.25, -0.2) is 4.79 Å². The molecule has 4 aliphatic carbocycles. The first-order valence-electron chi connectivity index (χ1n) is 11.4. The third kappa shape index (κ3) is 3.51. The summed E-state index contributed by atoms with van der Waals surface area (Å²) >= 11 is 0. The topological polar surface area (TPSA) is 50.4 Å². The highest BCUT2D eigenvalue weighted by Gasteiger charge is 2.57. The quantitative estimate of drug-likeness (QED) is 0.718. The summed E-state index contributed by atoms with van der Waals surface area (Å²) < 4.78 is 6.20. The number of hydrogen-bond donors (Lipinski definition) is 2. The highest BCUT2D eigenvalue weighted by molar-refractivity contribution is 5.75. The van der Waals surface area contributed by atoms with E-state index in [1.54, 1.807) is 0 Å². The van der Waals surface area contributed by atoms with Gasteiger partial charge in [0.1, 0.15) is 0 Å². The Balaban J connectivity index is 1.30. The minimum atomic E-state index is -0.195. The van der Waals surface area contributed by atoms with E-state index in [-0.39, 0.29) is 17.7 Å². The van der Waals surface area contributed by atoms with Crippen molar-refractivity contribution in [3.05, 3.63) is 71.8 Å². The lowest BCUT2D eigenvalue weighted by molar-refractivity contribution is -0.186. The molecule has 0 heterocycles. The first-order chi connectivity index (χ1) is 14.7. The monoisotopic (exact) mass is 404 g/mol. The second-order valence-electron chi connectivity index (χ2n) is 9.54. The molecule has 30 heavy (non-hydrogen) atoms. The molecule has 4 saturated carbocycles. The SMILES string of the molecule is COC1(CNC(=O)NC(c2ccccc2)c2ccccc2)C2CC3CC(C2)CC1C3. The average Bonchev–Trinajstić information content (AvgIpc) is 2.78. The Morgan fingerprint density at radius 2 is 1.40 bits per heavy atom. The van der Waals surface area contributed by atoms with Crippen LogP contribution < -0.4 is 10.6 Å². The first kappa shape index (κ1) is 19.6. The lowest BCUT2D eigenvalue weighted by atomic mass is 9.49. The van der Waals surface area contributed by atoms with Crippen molar-refractivity contribution in [2.75, 3.05) is 13.7 Å². The van der Waals surface area contributed by atoms with Crippen LogP contribution in [0.1, 0.15) is 49.3 Å². The number of carbonyl (C=O) groups is 1. The third-order valence-corrected chi connectivity index (χ3v) is 7.97. The minimum Gasteiger partial charge on any atom is -0.376 e. The zero-order valence-corrected chi connectivity index (χ0v) is 17.7. The number of benzene rings is 2. The van der Waals surface area contributed by atoms with Gasteiger partial charge >= 0.3 is 6.03 Å². The fourth-order valence-electron chi connectivity index (χ4n) is 6.73. The highest BCUT2D eigenvalue weighted by Crippen LogP contribution is 2.59. The molecular weight excluding hydrogens is 372 g/mol. The Hall–Kier alpha value is -2.33. The summed E-state index contributed by atoms with van der Waals surface area (Å²) in [6.07, 6.45) is 6.47. The Bertz CT molecular complexity index is 800. The summed E-state index contributed by atoms with van der Waals surface area (Å²) in [6, 6.07) is 20.0. The van der Waals surface area contributed by atoms with Crippen molar-refractivity contribution >= 4 is 6.03 Å². The van der Waals surface area contributed by atoms with Gasteiger partial charge in [-0.15, -0.1) is 0 Å². The van der Waals surface area contributed by atoms with E-state index in [2.05, 4.69) is 34.9 Å². The maximum atomic E-state index is 13.0. The summed E-state index contributed by atoms with van der Waals surface area (Å²) in [4.78, 5) is 13.0. The van der Waals surface area contributed by atoms with Crippen LogP contribution in [-0.2, 0) is 4.74 Å². The largest absolute Gasteiger partial charge is 0.376 e. The Morgan fingerprint density at radius 1 is 0.900 bits per heavy atom. The van der Waals surface area contributed by atoms with Gasteiger partial charge in [-0.3, -0.25) is 0 Å². The van der Waals surface area contributed by atoms with Crippen molar-refractivity contribution in [3.63, 3.8) is 0 Å². The highest BCUT2D eigenvalue weighted by atomic mass is 16.5. The Morgan fingerprint density at radius 3 is 1.87 bits per heavy atom. The molecule has 2 N–H and O–H groups in total. The van der Waals surface area contributed by atoms with E-state index in [9.17, 15) is 4.79 Å². The zero-order valence-electron chi connectivity index (χ0n) is 17.7. The number of amides is 2. The molecule has 0 spiro atoms. The first-order valence-corrected chi connectivity index (χ1v) is 11.4. The molecule has 0 aliphatic heterocycles. The van der Waals surface area contributed by atoms with Gasteiger partial charge in [-0.2, -0.15) is 0 Å². The van der Waals surface area contributed by atoms with Crippen LogP contribution >= 0.6 is 0 Å². The lowest BCUT2D eigenvalue weighted by Crippen LogP contribution is -2.63. The summed E-state index contributed by atoms with van der Waals surface area (Å²) in [5.41, 5.74) is 1.96. The lowest BCUT2D eigenvalue weighted by Gasteiger charge is -2.60. The predicted molar refractivity (Wildman–Crippen MR) is 118 cm³/mol. The fourth-order valence-corrected chi connectivity index (χ4v) is 6.73. The van der Waals surface area contributed by atoms with Gasteiger partial charge in [0.25, 0.3) is 0 Å². The van der Waals surface area contributed by atoms with Crippen LogP contribution in [-0.4, -0.2) is 25.3 Å². The number of hydrogen-bond acceptors (Lipinski definition) is 2. The van der Waals surface area contributed by atoms with Crippen LogP contribution in [0.25, 0.3) is 0 Å². The Kier molecular flexibility index (Phi) is 5.28. The molecule has 158 valence electrons. The van der Waals surface area contributed by atoms with Gasteiger partial charge in [0.15, 0.2) is 0 Å². The van der Waals surface area contributed by atoms with Gasteiger partial charge < -0.3 is 15.4 Å². The average molecular weight is 405 g/mol.